The normalized spacial score (nSPS) is 17.0. The number of amides is 4. The number of carbonyl (C=O) groups is 3. The summed E-state index contributed by atoms with van der Waals surface area (Å²) < 4.78 is 15.2. The third-order valence-corrected chi connectivity index (χ3v) is 6.05. The third-order valence-electron chi connectivity index (χ3n) is 6.05. The number of rotatable bonds is 6. The highest BCUT2D eigenvalue weighted by Gasteiger charge is 2.43. The number of benzene rings is 3. The van der Waals surface area contributed by atoms with Gasteiger partial charge in [-0.1, -0.05) is 30.3 Å². The van der Waals surface area contributed by atoms with Crippen molar-refractivity contribution in [1.82, 2.24) is 20.4 Å². The molecule has 3 aromatic carbocycles. The highest BCUT2D eigenvalue weighted by molar-refractivity contribution is 6.07. The van der Waals surface area contributed by atoms with Gasteiger partial charge in [-0.05, 0) is 67.1 Å². The Labute approximate surface area is 211 Å². The Morgan fingerprint density at radius 3 is 2.49 bits per heavy atom. The molecule has 5 rings (SSSR count). The first-order valence-corrected chi connectivity index (χ1v) is 11.5. The van der Waals surface area contributed by atoms with Gasteiger partial charge in [0.15, 0.2) is 0 Å². The standard InChI is InChI=1S/C28H22FN5O3/c1-28(26(36)31-27(37)32-28)20-6-5-7-22(16-20)30-24(35)15-12-19-17-34(23-8-3-2-4-9-23)33-25(19)18-10-13-21(29)14-11-18/h2-17H,1H3,(H,30,35)(H2,31,32,36,37). The average molecular weight is 496 g/mol. The summed E-state index contributed by atoms with van der Waals surface area (Å²) in [7, 11) is 0. The molecule has 1 atom stereocenters. The van der Waals surface area contributed by atoms with Gasteiger partial charge in [-0.2, -0.15) is 5.10 Å². The van der Waals surface area contributed by atoms with E-state index in [-0.39, 0.29) is 5.82 Å². The lowest BCUT2D eigenvalue weighted by Crippen LogP contribution is -2.40. The van der Waals surface area contributed by atoms with Crippen molar-refractivity contribution in [3.05, 3.63) is 108 Å². The Bertz CT molecular complexity index is 1530. The summed E-state index contributed by atoms with van der Waals surface area (Å²) in [6, 6.07) is 21.6. The zero-order chi connectivity index (χ0) is 26.0. The Morgan fingerprint density at radius 2 is 1.78 bits per heavy atom. The van der Waals surface area contributed by atoms with E-state index in [4.69, 9.17) is 0 Å². The van der Waals surface area contributed by atoms with Crippen molar-refractivity contribution in [3.8, 4) is 16.9 Å². The van der Waals surface area contributed by atoms with Gasteiger partial charge in [0.25, 0.3) is 5.91 Å². The fourth-order valence-corrected chi connectivity index (χ4v) is 4.06. The Hall–Kier alpha value is -5.05. The maximum atomic E-state index is 13.5. The number of hydrogen-bond acceptors (Lipinski definition) is 4. The Morgan fingerprint density at radius 1 is 1.03 bits per heavy atom. The summed E-state index contributed by atoms with van der Waals surface area (Å²) in [6.07, 6.45) is 4.80. The van der Waals surface area contributed by atoms with Crippen LogP contribution in [-0.4, -0.2) is 27.6 Å². The number of nitrogens with one attached hydrogen (secondary N) is 3. The number of urea groups is 1. The molecule has 0 spiro atoms. The summed E-state index contributed by atoms with van der Waals surface area (Å²) in [5.41, 5.74) is 2.55. The monoisotopic (exact) mass is 495 g/mol. The fraction of sp³-hybridized carbons (Fsp3) is 0.0714. The molecule has 37 heavy (non-hydrogen) atoms. The maximum absolute atomic E-state index is 13.5. The molecule has 4 amide bonds. The van der Waals surface area contributed by atoms with Crippen molar-refractivity contribution in [3.63, 3.8) is 0 Å². The van der Waals surface area contributed by atoms with Crippen molar-refractivity contribution in [2.75, 3.05) is 5.32 Å². The highest BCUT2D eigenvalue weighted by atomic mass is 19.1. The van der Waals surface area contributed by atoms with Gasteiger partial charge >= 0.3 is 6.03 Å². The number of anilines is 1. The molecule has 0 saturated carbocycles. The molecular weight excluding hydrogens is 473 g/mol. The van der Waals surface area contributed by atoms with E-state index in [2.05, 4.69) is 21.0 Å². The smallest absolute Gasteiger partial charge is 0.322 e. The molecule has 0 bridgehead atoms. The molecule has 1 aliphatic heterocycles. The van der Waals surface area contributed by atoms with E-state index in [9.17, 15) is 18.8 Å². The van der Waals surface area contributed by atoms with Gasteiger partial charge in [0.05, 0.1) is 11.4 Å². The van der Waals surface area contributed by atoms with Crippen molar-refractivity contribution in [1.29, 1.82) is 0 Å². The van der Waals surface area contributed by atoms with E-state index in [0.717, 1.165) is 5.69 Å². The van der Waals surface area contributed by atoms with Crippen LogP contribution in [0, 0.1) is 5.82 Å². The summed E-state index contributed by atoms with van der Waals surface area (Å²) in [6.45, 7) is 1.59. The van der Waals surface area contributed by atoms with Crippen LogP contribution in [0.2, 0.25) is 0 Å². The fourth-order valence-electron chi connectivity index (χ4n) is 4.06. The van der Waals surface area contributed by atoms with Gasteiger partial charge in [-0.25, -0.2) is 13.9 Å². The molecule has 4 aromatic rings. The topological polar surface area (TPSA) is 105 Å². The van der Waals surface area contributed by atoms with Gasteiger partial charge in [0.2, 0.25) is 5.91 Å². The second-order valence-electron chi connectivity index (χ2n) is 8.66. The molecule has 0 radical (unpaired) electrons. The molecule has 9 heteroatoms. The Balaban J connectivity index is 1.40. The Kier molecular flexibility index (Phi) is 6.10. The van der Waals surface area contributed by atoms with Crippen molar-refractivity contribution in [2.24, 2.45) is 0 Å². The van der Waals surface area contributed by atoms with E-state index >= 15 is 0 Å². The van der Waals surface area contributed by atoms with E-state index in [0.29, 0.717) is 28.1 Å². The first kappa shape index (κ1) is 23.7. The molecule has 8 nitrogen and oxygen atoms in total. The van der Waals surface area contributed by atoms with E-state index < -0.39 is 23.4 Å². The number of imide groups is 1. The lowest BCUT2D eigenvalue weighted by atomic mass is 9.92. The lowest BCUT2D eigenvalue weighted by Gasteiger charge is -2.21. The second kappa shape index (κ2) is 9.54. The SMILES string of the molecule is CC1(c2cccc(NC(=O)C=Cc3cn(-c4ccccc4)nc3-c3ccc(F)cc3)c2)NC(=O)NC1=O. The molecule has 1 saturated heterocycles. The molecule has 2 heterocycles. The van der Waals surface area contributed by atoms with Crippen molar-refractivity contribution >= 4 is 29.6 Å². The van der Waals surface area contributed by atoms with Crippen molar-refractivity contribution in [2.45, 2.75) is 12.5 Å². The van der Waals surface area contributed by atoms with E-state index in [1.165, 1.54) is 18.2 Å². The molecular formula is C28H22FN5O3. The third kappa shape index (κ3) is 4.87. The molecule has 3 N–H and O–H groups in total. The minimum absolute atomic E-state index is 0.353. The molecule has 0 aliphatic carbocycles. The van der Waals surface area contributed by atoms with Crippen LogP contribution in [0.4, 0.5) is 14.9 Å². The molecule has 1 fully saturated rings. The van der Waals surface area contributed by atoms with Crippen LogP contribution >= 0.6 is 0 Å². The molecule has 1 aromatic heterocycles. The molecule has 1 unspecified atom stereocenters. The van der Waals surface area contributed by atoms with Gasteiger partial charge in [0, 0.05) is 29.1 Å². The highest BCUT2D eigenvalue weighted by Crippen LogP contribution is 2.27. The minimum atomic E-state index is -1.23. The first-order chi connectivity index (χ1) is 17.8. The van der Waals surface area contributed by atoms with E-state index in [1.807, 2.05) is 30.3 Å². The minimum Gasteiger partial charge on any atom is -0.323 e. The van der Waals surface area contributed by atoms with Gasteiger partial charge in [-0.3, -0.25) is 14.9 Å². The number of hydrogen-bond donors (Lipinski definition) is 3. The van der Waals surface area contributed by atoms with Crippen LogP contribution in [0.5, 0.6) is 0 Å². The second-order valence-corrected chi connectivity index (χ2v) is 8.66. The first-order valence-electron chi connectivity index (χ1n) is 11.5. The maximum Gasteiger partial charge on any atom is 0.322 e. The lowest BCUT2D eigenvalue weighted by molar-refractivity contribution is -0.123. The zero-order valence-electron chi connectivity index (χ0n) is 19.7. The zero-order valence-corrected chi connectivity index (χ0v) is 19.7. The summed E-state index contributed by atoms with van der Waals surface area (Å²) >= 11 is 0. The van der Waals surface area contributed by atoms with E-state index in [1.54, 1.807) is 60.3 Å². The summed E-state index contributed by atoms with van der Waals surface area (Å²) in [4.78, 5) is 36.6. The number of aromatic nitrogens is 2. The van der Waals surface area contributed by atoms with Crippen LogP contribution in [0.25, 0.3) is 23.0 Å². The van der Waals surface area contributed by atoms with Gasteiger partial charge in [-0.15, -0.1) is 0 Å². The largest absolute Gasteiger partial charge is 0.323 e. The predicted octanol–water partition coefficient (Wildman–Crippen LogP) is 4.38. The number of nitrogens with zero attached hydrogens (tertiary/aromatic N) is 2. The van der Waals surface area contributed by atoms with Gasteiger partial charge in [0.1, 0.15) is 11.4 Å². The average Bonchev–Trinajstić information content (AvgIpc) is 3.44. The van der Waals surface area contributed by atoms with Gasteiger partial charge < -0.3 is 10.6 Å². The van der Waals surface area contributed by atoms with Crippen LogP contribution < -0.4 is 16.0 Å². The quantitative estimate of drug-likeness (QED) is 0.273. The summed E-state index contributed by atoms with van der Waals surface area (Å²) in [5.74, 6) is -1.22. The van der Waals surface area contributed by atoms with Crippen LogP contribution in [0.3, 0.4) is 0 Å². The van der Waals surface area contributed by atoms with Crippen LogP contribution in [0.15, 0.2) is 91.1 Å². The number of carbonyl (C=O) groups excluding carboxylic acids is 3. The molecule has 184 valence electrons. The van der Waals surface area contributed by atoms with Crippen molar-refractivity contribution < 1.29 is 18.8 Å². The number of halogens is 1. The summed E-state index contributed by atoms with van der Waals surface area (Å²) in [5, 5.41) is 12.3. The number of para-hydroxylation sites is 1. The molecule has 1 aliphatic rings. The predicted molar refractivity (Wildman–Crippen MR) is 137 cm³/mol. The van der Waals surface area contributed by atoms with Crippen LogP contribution in [0.1, 0.15) is 18.1 Å². The van der Waals surface area contributed by atoms with Crippen LogP contribution in [-0.2, 0) is 15.1 Å².